The van der Waals surface area contributed by atoms with Crippen LogP contribution in [0.2, 0.25) is 0 Å². The highest BCUT2D eigenvalue weighted by molar-refractivity contribution is 5.69. The molecule has 0 bridgehead atoms. The molecule has 0 spiro atoms. The van der Waals surface area contributed by atoms with E-state index in [2.05, 4.69) is 16.9 Å². The third-order valence-electron chi connectivity index (χ3n) is 4.42. The van der Waals surface area contributed by atoms with Crippen LogP contribution in [0, 0.1) is 0 Å². The van der Waals surface area contributed by atoms with Crippen LogP contribution in [0.4, 0.5) is 0 Å². The Morgan fingerprint density at radius 3 is 2.54 bits per heavy atom. The molecule has 0 saturated heterocycles. The predicted molar refractivity (Wildman–Crippen MR) is 91.5 cm³/mol. The number of fused-ring (bicyclic) bond motifs is 1. The standard InChI is InChI=1S/C20H22O4/c1-22-17-10-6-15-7-11-19(18(15)13-17)24-16-8-3-14(4-9-16)5-12-20(21)23-2/h3-4,6,8-10,13,19H,5,7,11-12H2,1-2H3. The molecule has 0 fully saturated rings. The first kappa shape index (κ1) is 16.4. The Morgan fingerprint density at radius 1 is 1.08 bits per heavy atom. The zero-order chi connectivity index (χ0) is 16.9. The van der Waals surface area contributed by atoms with Crippen LogP contribution in [-0.4, -0.2) is 20.2 Å². The van der Waals surface area contributed by atoms with Gasteiger partial charge < -0.3 is 14.2 Å². The van der Waals surface area contributed by atoms with Gasteiger partial charge in [-0.1, -0.05) is 18.2 Å². The lowest BCUT2D eigenvalue weighted by Gasteiger charge is -2.16. The third kappa shape index (κ3) is 3.70. The minimum absolute atomic E-state index is 0.0658. The molecule has 0 aliphatic heterocycles. The van der Waals surface area contributed by atoms with Crippen molar-refractivity contribution in [3.63, 3.8) is 0 Å². The topological polar surface area (TPSA) is 44.8 Å². The van der Waals surface area contributed by atoms with Gasteiger partial charge >= 0.3 is 5.97 Å². The van der Waals surface area contributed by atoms with Crippen molar-refractivity contribution in [2.75, 3.05) is 14.2 Å². The molecular weight excluding hydrogens is 304 g/mol. The van der Waals surface area contributed by atoms with Gasteiger partial charge in [0.05, 0.1) is 14.2 Å². The van der Waals surface area contributed by atoms with Gasteiger partial charge in [-0.05, 0) is 60.2 Å². The molecule has 0 amide bonds. The van der Waals surface area contributed by atoms with Gasteiger partial charge in [-0.2, -0.15) is 0 Å². The van der Waals surface area contributed by atoms with Crippen LogP contribution in [0.3, 0.4) is 0 Å². The molecule has 0 N–H and O–H groups in total. The van der Waals surface area contributed by atoms with Gasteiger partial charge in [0.1, 0.15) is 17.6 Å². The fourth-order valence-electron chi connectivity index (χ4n) is 3.04. The lowest BCUT2D eigenvalue weighted by molar-refractivity contribution is -0.140. The van der Waals surface area contributed by atoms with Gasteiger partial charge in [0.25, 0.3) is 0 Å². The largest absolute Gasteiger partial charge is 0.497 e. The number of esters is 1. The van der Waals surface area contributed by atoms with Crippen LogP contribution in [0.15, 0.2) is 42.5 Å². The zero-order valence-electron chi connectivity index (χ0n) is 14.1. The summed E-state index contributed by atoms with van der Waals surface area (Å²) in [6, 6.07) is 14.1. The smallest absolute Gasteiger partial charge is 0.305 e. The summed E-state index contributed by atoms with van der Waals surface area (Å²) in [6.07, 6.45) is 3.15. The van der Waals surface area contributed by atoms with Crippen LogP contribution in [0.1, 0.15) is 35.6 Å². The first-order valence-electron chi connectivity index (χ1n) is 8.19. The van der Waals surface area contributed by atoms with E-state index < -0.39 is 0 Å². The molecule has 1 aliphatic carbocycles. The Kier molecular flexibility index (Phi) is 5.04. The number of carbonyl (C=O) groups excluding carboxylic acids is 1. The quantitative estimate of drug-likeness (QED) is 0.756. The summed E-state index contributed by atoms with van der Waals surface area (Å²) >= 11 is 0. The Hall–Kier alpha value is -2.49. The summed E-state index contributed by atoms with van der Waals surface area (Å²) in [4.78, 5) is 11.2. The van der Waals surface area contributed by atoms with Crippen molar-refractivity contribution in [2.45, 2.75) is 31.8 Å². The average Bonchev–Trinajstić information content (AvgIpc) is 3.02. The summed E-state index contributed by atoms with van der Waals surface area (Å²) in [5.74, 6) is 1.52. The van der Waals surface area contributed by atoms with E-state index in [9.17, 15) is 4.79 Å². The second kappa shape index (κ2) is 7.39. The number of hydrogen-bond donors (Lipinski definition) is 0. The van der Waals surface area contributed by atoms with Gasteiger partial charge in [0, 0.05) is 6.42 Å². The van der Waals surface area contributed by atoms with Crippen LogP contribution >= 0.6 is 0 Å². The zero-order valence-corrected chi connectivity index (χ0v) is 14.1. The lowest BCUT2D eigenvalue weighted by Crippen LogP contribution is -2.04. The summed E-state index contributed by atoms with van der Waals surface area (Å²) in [7, 11) is 3.09. The Morgan fingerprint density at radius 2 is 1.83 bits per heavy atom. The first-order chi connectivity index (χ1) is 11.7. The molecule has 1 aliphatic rings. The minimum Gasteiger partial charge on any atom is -0.497 e. The lowest BCUT2D eigenvalue weighted by atomic mass is 10.1. The maximum atomic E-state index is 11.2. The number of carbonyl (C=O) groups is 1. The van der Waals surface area contributed by atoms with Crippen LogP contribution in [-0.2, 0) is 22.4 Å². The molecule has 4 nitrogen and oxygen atoms in total. The Bertz CT molecular complexity index is 706. The van der Waals surface area contributed by atoms with Gasteiger partial charge in [0.15, 0.2) is 0 Å². The van der Waals surface area contributed by atoms with E-state index in [0.717, 1.165) is 29.9 Å². The van der Waals surface area contributed by atoms with Gasteiger partial charge in [-0.25, -0.2) is 0 Å². The molecular formula is C20H22O4. The highest BCUT2D eigenvalue weighted by atomic mass is 16.5. The van der Waals surface area contributed by atoms with E-state index >= 15 is 0 Å². The molecule has 2 aromatic rings. The Balaban J connectivity index is 1.64. The number of hydrogen-bond acceptors (Lipinski definition) is 4. The fourth-order valence-corrected chi connectivity index (χ4v) is 3.04. The number of ether oxygens (including phenoxy) is 3. The first-order valence-corrected chi connectivity index (χ1v) is 8.19. The van der Waals surface area contributed by atoms with Crippen molar-refractivity contribution in [1.29, 1.82) is 0 Å². The fraction of sp³-hybridized carbons (Fsp3) is 0.350. The molecule has 1 unspecified atom stereocenters. The molecule has 0 heterocycles. The number of rotatable bonds is 6. The van der Waals surface area contributed by atoms with Gasteiger partial charge in [0.2, 0.25) is 0 Å². The number of benzene rings is 2. The van der Waals surface area contributed by atoms with Crippen molar-refractivity contribution < 1.29 is 19.0 Å². The van der Waals surface area contributed by atoms with Gasteiger partial charge in [-0.15, -0.1) is 0 Å². The summed E-state index contributed by atoms with van der Waals surface area (Å²) in [5, 5.41) is 0. The normalized spacial score (nSPS) is 15.7. The molecule has 0 saturated carbocycles. The van der Waals surface area contributed by atoms with Crippen LogP contribution < -0.4 is 9.47 Å². The molecule has 4 heteroatoms. The third-order valence-corrected chi connectivity index (χ3v) is 4.42. The molecule has 126 valence electrons. The SMILES string of the molecule is COC(=O)CCc1ccc(OC2CCc3ccc(OC)cc32)cc1. The van der Waals surface area contributed by atoms with Crippen LogP contribution in [0.5, 0.6) is 11.5 Å². The van der Waals surface area contributed by atoms with Gasteiger partial charge in [-0.3, -0.25) is 4.79 Å². The minimum atomic E-state index is -0.188. The summed E-state index contributed by atoms with van der Waals surface area (Å²) < 4.78 is 16.1. The highest BCUT2D eigenvalue weighted by Crippen LogP contribution is 2.37. The second-order valence-corrected chi connectivity index (χ2v) is 5.93. The average molecular weight is 326 g/mol. The van der Waals surface area contributed by atoms with Crippen molar-refractivity contribution >= 4 is 5.97 Å². The second-order valence-electron chi connectivity index (χ2n) is 5.93. The van der Waals surface area contributed by atoms with E-state index in [1.165, 1.54) is 18.2 Å². The monoisotopic (exact) mass is 326 g/mol. The molecule has 3 rings (SSSR count). The van der Waals surface area contributed by atoms with Crippen molar-refractivity contribution in [3.05, 3.63) is 59.2 Å². The maximum absolute atomic E-state index is 11.2. The number of methoxy groups -OCH3 is 2. The molecule has 24 heavy (non-hydrogen) atoms. The summed E-state index contributed by atoms with van der Waals surface area (Å²) in [6.45, 7) is 0. The van der Waals surface area contributed by atoms with Crippen molar-refractivity contribution in [1.82, 2.24) is 0 Å². The number of aryl methyl sites for hydroxylation is 2. The van der Waals surface area contributed by atoms with E-state index in [1.807, 2.05) is 30.3 Å². The van der Waals surface area contributed by atoms with E-state index in [0.29, 0.717) is 12.8 Å². The van der Waals surface area contributed by atoms with Crippen LogP contribution in [0.25, 0.3) is 0 Å². The summed E-state index contributed by atoms with van der Waals surface area (Å²) in [5.41, 5.74) is 3.64. The molecule has 2 aromatic carbocycles. The van der Waals surface area contributed by atoms with E-state index in [1.54, 1.807) is 7.11 Å². The van der Waals surface area contributed by atoms with Crippen molar-refractivity contribution in [3.8, 4) is 11.5 Å². The molecule has 1 atom stereocenters. The molecule has 0 aromatic heterocycles. The van der Waals surface area contributed by atoms with Crippen molar-refractivity contribution in [2.24, 2.45) is 0 Å². The molecule has 0 radical (unpaired) electrons. The maximum Gasteiger partial charge on any atom is 0.305 e. The Labute approximate surface area is 142 Å². The predicted octanol–water partition coefficient (Wildman–Crippen LogP) is 3.87. The highest BCUT2D eigenvalue weighted by Gasteiger charge is 2.24. The van der Waals surface area contributed by atoms with E-state index in [4.69, 9.17) is 9.47 Å². The van der Waals surface area contributed by atoms with E-state index in [-0.39, 0.29) is 12.1 Å².